The fourth-order valence-corrected chi connectivity index (χ4v) is 25.2. The van der Waals surface area contributed by atoms with Crippen molar-refractivity contribution < 1.29 is 4.74 Å². The van der Waals surface area contributed by atoms with Gasteiger partial charge in [0.15, 0.2) is 5.50 Å². The van der Waals surface area contributed by atoms with Gasteiger partial charge in [0.25, 0.3) is 0 Å². The van der Waals surface area contributed by atoms with Crippen molar-refractivity contribution in [2.45, 2.75) is 51.1 Å². The Balaban J connectivity index is 5.28. The Morgan fingerprint density at radius 2 is 1.65 bits per heavy atom. The molecular formula is C12H26ClOPSi2. The molecular weight excluding hydrogens is 283 g/mol. The standard InChI is InChI=1S/C12H26ClOPSi2/c1-9-11(14-10-2)15(13)12(16(3,4)5)17(6,7)8/h12H,1,10H2,2-8H3. The van der Waals surface area contributed by atoms with Crippen LogP contribution in [0.2, 0.25) is 39.3 Å². The van der Waals surface area contributed by atoms with E-state index in [1.165, 1.54) is 0 Å². The lowest BCUT2D eigenvalue weighted by molar-refractivity contribution is 0.257. The molecule has 0 aromatic rings. The number of ether oxygens (including phenoxy) is 1. The zero-order chi connectivity index (χ0) is 13.9. The average Bonchev–Trinajstić information content (AvgIpc) is 2.08. The molecule has 0 spiro atoms. The third-order valence-corrected chi connectivity index (χ3v) is 20.3. The van der Waals surface area contributed by atoms with Crippen molar-refractivity contribution in [1.29, 1.82) is 0 Å². The van der Waals surface area contributed by atoms with Crippen molar-refractivity contribution in [3.05, 3.63) is 17.8 Å². The van der Waals surface area contributed by atoms with Gasteiger partial charge in [-0.3, -0.25) is 0 Å². The molecule has 0 saturated carbocycles. The topological polar surface area (TPSA) is 9.23 Å². The van der Waals surface area contributed by atoms with E-state index >= 15 is 0 Å². The molecule has 0 aliphatic heterocycles. The SMILES string of the molecule is C=C=C(OCC)P(Cl)C([Si](C)(C)C)[Si](C)(C)C. The highest BCUT2D eigenvalue weighted by atomic mass is 35.7. The van der Waals surface area contributed by atoms with Crippen LogP contribution < -0.4 is 0 Å². The van der Waals surface area contributed by atoms with Gasteiger partial charge in [-0.1, -0.05) is 62.8 Å². The third-order valence-electron chi connectivity index (χ3n) is 2.49. The van der Waals surface area contributed by atoms with Crippen LogP contribution in [0.25, 0.3) is 0 Å². The highest BCUT2D eigenvalue weighted by Crippen LogP contribution is 2.59. The maximum absolute atomic E-state index is 6.73. The maximum atomic E-state index is 6.73. The van der Waals surface area contributed by atoms with Crippen molar-refractivity contribution in [2.75, 3.05) is 6.61 Å². The van der Waals surface area contributed by atoms with E-state index in [9.17, 15) is 0 Å². The van der Waals surface area contributed by atoms with Crippen LogP contribution in [-0.2, 0) is 4.74 Å². The molecule has 0 aliphatic carbocycles. The second kappa shape index (κ2) is 6.59. The van der Waals surface area contributed by atoms with Crippen molar-refractivity contribution in [3.63, 3.8) is 0 Å². The smallest absolute Gasteiger partial charge is 0.175 e. The summed E-state index contributed by atoms with van der Waals surface area (Å²) >= 11 is 6.73. The number of hydrogen-bond acceptors (Lipinski definition) is 1. The van der Waals surface area contributed by atoms with Crippen molar-refractivity contribution >= 4 is 34.7 Å². The zero-order valence-electron chi connectivity index (χ0n) is 12.2. The van der Waals surface area contributed by atoms with E-state index in [-0.39, 0.29) is 0 Å². The van der Waals surface area contributed by atoms with Gasteiger partial charge in [0, 0.05) is 0 Å². The molecule has 0 aromatic heterocycles. The first-order chi connectivity index (χ1) is 7.55. The molecule has 5 heteroatoms. The Bertz CT molecular complexity index is 287. The normalized spacial score (nSPS) is 14.4. The fourth-order valence-electron chi connectivity index (χ4n) is 2.42. The van der Waals surface area contributed by atoms with E-state index in [4.69, 9.17) is 16.0 Å². The third kappa shape index (κ3) is 5.32. The van der Waals surface area contributed by atoms with Gasteiger partial charge in [0.1, 0.15) is 0 Å². The predicted molar refractivity (Wildman–Crippen MR) is 87.5 cm³/mol. The van der Waals surface area contributed by atoms with Crippen LogP contribution in [0, 0.1) is 0 Å². The van der Waals surface area contributed by atoms with Crippen LogP contribution >= 0.6 is 18.5 Å². The number of rotatable bonds is 6. The summed E-state index contributed by atoms with van der Waals surface area (Å²) in [7, 11) is -3.38. The largest absolute Gasteiger partial charge is 0.485 e. The second-order valence-corrected chi connectivity index (χ2v) is 21.2. The lowest BCUT2D eigenvalue weighted by Crippen LogP contribution is -2.52. The summed E-state index contributed by atoms with van der Waals surface area (Å²) < 4.78 is 5.61. The average molecular weight is 309 g/mol. The minimum atomic E-state index is -1.30. The van der Waals surface area contributed by atoms with Crippen LogP contribution in [0.5, 0.6) is 0 Å². The molecule has 0 aliphatic rings. The first kappa shape index (κ1) is 17.5. The molecule has 0 amide bonds. The zero-order valence-corrected chi connectivity index (χ0v) is 15.9. The van der Waals surface area contributed by atoms with E-state index in [2.05, 4.69) is 51.6 Å². The van der Waals surface area contributed by atoms with Crippen molar-refractivity contribution in [3.8, 4) is 0 Å². The van der Waals surface area contributed by atoms with Crippen molar-refractivity contribution in [2.24, 2.45) is 0 Å². The van der Waals surface area contributed by atoms with Gasteiger partial charge < -0.3 is 4.74 Å². The van der Waals surface area contributed by atoms with Gasteiger partial charge in [-0.05, 0) is 11.8 Å². The van der Waals surface area contributed by atoms with Gasteiger partial charge in [-0.2, -0.15) is 0 Å². The van der Waals surface area contributed by atoms with Crippen LogP contribution in [0.15, 0.2) is 17.8 Å². The Morgan fingerprint density at radius 1 is 1.24 bits per heavy atom. The van der Waals surface area contributed by atoms with Gasteiger partial charge in [0.2, 0.25) is 0 Å². The van der Waals surface area contributed by atoms with Gasteiger partial charge in [-0.15, -0.1) is 0 Å². The maximum Gasteiger partial charge on any atom is 0.175 e. The Morgan fingerprint density at radius 3 is 1.88 bits per heavy atom. The van der Waals surface area contributed by atoms with Crippen LogP contribution in [-0.4, -0.2) is 27.7 Å². The summed E-state index contributed by atoms with van der Waals surface area (Å²) in [6.45, 7) is 20.8. The monoisotopic (exact) mass is 308 g/mol. The minimum absolute atomic E-state index is 0.627. The Hall–Kier alpha value is 0.474. The summed E-state index contributed by atoms with van der Waals surface area (Å²) in [6.07, 6.45) is 0. The number of hydrogen-bond donors (Lipinski definition) is 0. The molecule has 1 nitrogen and oxygen atoms in total. The molecule has 0 N–H and O–H groups in total. The molecule has 1 atom stereocenters. The van der Waals surface area contributed by atoms with Crippen LogP contribution in [0.3, 0.4) is 0 Å². The molecule has 0 bridgehead atoms. The second-order valence-electron chi connectivity index (χ2n) is 6.36. The van der Waals surface area contributed by atoms with E-state index in [1.807, 2.05) is 6.92 Å². The van der Waals surface area contributed by atoms with Crippen LogP contribution in [0.1, 0.15) is 6.92 Å². The van der Waals surface area contributed by atoms with Gasteiger partial charge in [0.05, 0.1) is 30.0 Å². The quantitative estimate of drug-likeness (QED) is 0.276. The highest BCUT2D eigenvalue weighted by molar-refractivity contribution is 7.91. The molecule has 0 radical (unpaired) electrons. The molecule has 0 fully saturated rings. The van der Waals surface area contributed by atoms with E-state index in [1.54, 1.807) is 0 Å². The Labute approximate surface area is 115 Å². The lowest BCUT2D eigenvalue weighted by Gasteiger charge is -2.41. The molecule has 1 unspecified atom stereocenters. The predicted octanol–water partition coefficient (Wildman–Crippen LogP) is 5.41. The summed E-state index contributed by atoms with van der Waals surface area (Å²) in [5.41, 5.74) is 3.72. The Kier molecular flexibility index (Phi) is 6.77. The molecule has 0 aromatic carbocycles. The van der Waals surface area contributed by atoms with Crippen molar-refractivity contribution in [1.82, 2.24) is 0 Å². The molecule has 100 valence electrons. The molecule has 0 rings (SSSR count). The summed E-state index contributed by atoms with van der Waals surface area (Å²) in [4.78, 5) is 0.627. The van der Waals surface area contributed by atoms with Crippen LogP contribution in [0.4, 0.5) is 0 Å². The highest BCUT2D eigenvalue weighted by Gasteiger charge is 2.44. The van der Waals surface area contributed by atoms with Gasteiger partial charge >= 0.3 is 0 Å². The number of halogens is 1. The minimum Gasteiger partial charge on any atom is -0.485 e. The first-order valence-electron chi connectivity index (χ1n) is 6.03. The summed E-state index contributed by atoms with van der Waals surface area (Å²) in [5.74, 6) is 0. The molecule has 0 heterocycles. The summed E-state index contributed by atoms with van der Waals surface area (Å²) in [6, 6.07) is 0. The lowest BCUT2D eigenvalue weighted by atomic mass is 10.8. The van der Waals surface area contributed by atoms with E-state index < -0.39 is 23.4 Å². The van der Waals surface area contributed by atoms with Gasteiger partial charge in [-0.25, -0.2) is 0 Å². The van der Waals surface area contributed by atoms with E-state index in [0.29, 0.717) is 11.5 Å². The molecule has 17 heavy (non-hydrogen) atoms. The van der Waals surface area contributed by atoms with E-state index in [0.717, 1.165) is 5.50 Å². The first-order valence-corrected chi connectivity index (χ1v) is 15.5. The molecule has 0 saturated heterocycles. The fraction of sp³-hybridized carbons (Fsp3) is 0.750. The summed E-state index contributed by atoms with van der Waals surface area (Å²) in [5, 5.41) is 0.